The zero-order chi connectivity index (χ0) is 14.5. The van der Waals surface area contributed by atoms with Gasteiger partial charge < -0.3 is 4.90 Å². The molecule has 2 unspecified atom stereocenters. The molecule has 3 rings (SSSR count). The molecule has 1 amide bonds. The van der Waals surface area contributed by atoms with Crippen LogP contribution >= 0.6 is 0 Å². The molecule has 2 atom stereocenters. The molecule has 1 aromatic carbocycles. The molecular weight excluding hydrogens is 253 g/mol. The summed E-state index contributed by atoms with van der Waals surface area (Å²) < 4.78 is 13.3. The van der Waals surface area contributed by atoms with E-state index in [9.17, 15) is 9.18 Å². The first-order valence-corrected chi connectivity index (χ1v) is 7.35. The number of hydrogen-bond acceptors (Lipinski definition) is 1. The molecule has 20 heavy (non-hydrogen) atoms. The second-order valence-corrected chi connectivity index (χ2v) is 7.66. The maximum atomic E-state index is 13.3. The molecule has 0 N–H and O–H groups in total. The van der Waals surface area contributed by atoms with Gasteiger partial charge in [0.05, 0.1) is 0 Å². The molecule has 0 radical (unpaired) electrons. The van der Waals surface area contributed by atoms with E-state index in [1.807, 2.05) is 4.90 Å². The number of halogens is 1. The average Bonchev–Trinajstić information content (AvgIpc) is 2.57. The minimum atomic E-state index is -0.343. The standard InChI is InChI=1S/C17H22FNO/c1-16(2)8-14-9-17(3,10-16)11-19(14)15(20)12-5-4-6-13(18)7-12/h4-7,14H,8-11H2,1-3H3. The van der Waals surface area contributed by atoms with Crippen molar-refractivity contribution in [2.75, 3.05) is 6.54 Å². The SMILES string of the molecule is CC1(C)CC2CC(C)(CN2C(=O)c2cccc(F)c2)C1. The van der Waals surface area contributed by atoms with Crippen LogP contribution in [-0.2, 0) is 0 Å². The van der Waals surface area contributed by atoms with E-state index in [4.69, 9.17) is 0 Å². The van der Waals surface area contributed by atoms with Gasteiger partial charge in [0, 0.05) is 18.2 Å². The zero-order valence-electron chi connectivity index (χ0n) is 12.4. The van der Waals surface area contributed by atoms with Crippen molar-refractivity contribution < 1.29 is 9.18 Å². The summed E-state index contributed by atoms with van der Waals surface area (Å²) >= 11 is 0. The fourth-order valence-electron chi connectivity index (χ4n) is 4.48. The van der Waals surface area contributed by atoms with Gasteiger partial charge in [0.15, 0.2) is 0 Å². The second kappa shape index (κ2) is 4.31. The highest BCUT2D eigenvalue weighted by Crippen LogP contribution is 2.52. The predicted octanol–water partition coefficient (Wildman–Crippen LogP) is 3.87. The second-order valence-electron chi connectivity index (χ2n) is 7.66. The molecular formula is C17H22FNO. The molecule has 1 saturated carbocycles. The third-order valence-corrected chi connectivity index (χ3v) is 4.75. The lowest BCUT2D eigenvalue weighted by molar-refractivity contribution is 0.0707. The van der Waals surface area contributed by atoms with Crippen molar-refractivity contribution in [1.29, 1.82) is 0 Å². The first-order chi connectivity index (χ1) is 9.28. The Labute approximate surface area is 120 Å². The zero-order valence-corrected chi connectivity index (χ0v) is 12.4. The Balaban J connectivity index is 1.87. The molecule has 2 nitrogen and oxygen atoms in total. The van der Waals surface area contributed by atoms with E-state index >= 15 is 0 Å². The van der Waals surface area contributed by atoms with E-state index in [2.05, 4.69) is 20.8 Å². The van der Waals surface area contributed by atoms with Gasteiger partial charge in [-0.3, -0.25) is 4.79 Å². The molecule has 0 aromatic heterocycles. The third-order valence-electron chi connectivity index (χ3n) is 4.75. The van der Waals surface area contributed by atoms with Gasteiger partial charge in [0.1, 0.15) is 5.82 Å². The molecule has 2 fully saturated rings. The Kier molecular flexibility index (Phi) is 2.93. The van der Waals surface area contributed by atoms with Gasteiger partial charge in [-0.25, -0.2) is 4.39 Å². The van der Waals surface area contributed by atoms with Crippen LogP contribution in [0.25, 0.3) is 0 Å². The van der Waals surface area contributed by atoms with Crippen LogP contribution < -0.4 is 0 Å². The van der Waals surface area contributed by atoms with Gasteiger partial charge in [0.25, 0.3) is 5.91 Å². The van der Waals surface area contributed by atoms with Crippen molar-refractivity contribution in [2.45, 2.75) is 46.1 Å². The van der Waals surface area contributed by atoms with Crippen LogP contribution in [0, 0.1) is 16.6 Å². The van der Waals surface area contributed by atoms with Crippen LogP contribution in [0.2, 0.25) is 0 Å². The average molecular weight is 275 g/mol. The van der Waals surface area contributed by atoms with E-state index in [0.717, 1.165) is 25.8 Å². The van der Waals surface area contributed by atoms with Gasteiger partial charge in [-0.1, -0.05) is 26.8 Å². The van der Waals surface area contributed by atoms with E-state index in [1.54, 1.807) is 12.1 Å². The van der Waals surface area contributed by atoms with Crippen LogP contribution in [0.5, 0.6) is 0 Å². The number of carbonyl (C=O) groups excluding carboxylic acids is 1. The van der Waals surface area contributed by atoms with Crippen molar-refractivity contribution in [3.05, 3.63) is 35.6 Å². The number of rotatable bonds is 1. The number of carbonyl (C=O) groups is 1. The van der Waals surface area contributed by atoms with Gasteiger partial charge in [-0.2, -0.15) is 0 Å². The fraction of sp³-hybridized carbons (Fsp3) is 0.588. The highest BCUT2D eigenvalue weighted by Gasteiger charge is 2.50. The molecule has 2 aliphatic rings. The van der Waals surface area contributed by atoms with Crippen molar-refractivity contribution in [2.24, 2.45) is 10.8 Å². The summed E-state index contributed by atoms with van der Waals surface area (Å²) in [6, 6.07) is 6.35. The smallest absolute Gasteiger partial charge is 0.254 e. The summed E-state index contributed by atoms with van der Waals surface area (Å²) in [6.45, 7) is 7.65. The van der Waals surface area contributed by atoms with Crippen molar-refractivity contribution >= 4 is 5.91 Å². The van der Waals surface area contributed by atoms with Crippen LogP contribution in [0.3, 0.4) is 0 Å². The van der Waals surface area contributed by atoms with Gasteiger partial charge in [-0.05, 0) is 48.3 Å². The van der Waals surface area contributed by atoms with Gasteiger partial charge in [-0.15, -0.1) is 0 Å². The lowest BCUT2D eigenvalue weighted by atomic mass is 9.65. The summed E-state index contributed by atoms with van der Waals surface area (Å²) in [6.07, 6.45) is 3.28. The Bertz CT molecular complexity index is 554. The minimum absolute atomic E-state index is 0.0177. The molecule has 1 heterocycles. The molecule has 0 spiro atoms. The highest BCUT2D eigenvalue weighted by molar-refractivity contribution is 5.94. The summed E-state index contributed by atoms with van der Waals surface area (Å²) in [4.78, 5) is 14.6. The lowest BCUT2D eigenvalue weighted by Crippen LogP contribution is -2.37. The fourth-order valence-corrected chi connectivity index (χ4v) is 4.48. The maximum absolute atomic E-state index is 13.3. The summed E-state index contributed by atoms with van der Waals surface area (Å²) in [7, 11) is 0. The largest absolute Gasteiger partial charge is 0.335 e. The quantitative estimate of drug-likeness (QED) is 0.762. The Morgan fingerprint density at radius 1 is 1.30 bits per heavy atom. The van der Waals surface area contributed by atoms with Crippen molar-refractivity contribution in [3.8, 4) is 0 Å². The number of likely N-dealkylation sites (tertiary alicyclic amines) is 1. The lowest BCUT2D eigenvalue weighted by Gasteiger charge is -2.39. The van der Waals surface area contributed by atoms with Crippen LogP contribution in [0.4, 0.5) is 4.39 Å². The molecule has 1 aromatic rings. The predicted molar refractivity (Wildman–Crippen MR) is 77.0 cm³/mol. The van der Waals surface area contributed by atoms with E-state index in [-0.39, 0.29) is 22.6 Å². The number of fused-ring (bicyclic) bond motifs is 2. The molecule has 108 valence electrons. The Morgan fingerprint density at radius 2 is 2.05 bits per heavy atom. The molecule has 2 bridgehead atoms. The number of nitrogens with zero attached hydrogens (tertiary/aromatic N) is 1. The van der Waals surface area contributed by atoms with Crippen LogP contribution in [-0.4, -0.2) is 23.4 Å². The van der Waals surface area contributed by atoms with Crippen LogP contribution in [0.15, 0.2) is 24.3 Å². The molecule has 1 aliphatic heterocycles. The maximum Gasteiger partial charge on any atom is 0.254 e. The number of hydrogen-bond donors (Lipinski definition) is 0. The van der Waals surface area contributed by atoms with Gasteiger partial charge in [0.2, 0.25) is 0 Å². The first kappa shape index (κ1) is 13.6. The summed E-state index contributed by atoms with van der Waals surface area (Å²) in [5.41, 5.74) is 0.975. The van der Waals surface area contributed by atoms with Crippen molar-refractivity contribution in [1.82, 2.24) is 4.90 Å². The monoisotopic (exact) mass is 275 g/mol. The van der Waals surface area contributed by atoms with E-state index in [0.29, 0.717) is 11.6 Å². The third kappa shape index (κ3) is 2.34. The van der Waals surface area contributed by atoms with E-state index in [1.165, 1.54) is 12.1 Å². The number of benzene rings is 1. The number of amides is 1. The highest BCUT2D eigenvalue weighted by atomic mass is 19.1. The Hall–Kier alpha value is -1.38. The normalized spacial score (nSPS) is 31.4. The Morgan fingerprint density at radius 3 is 2.75 bits per heavy atom. The molecule has 3 heteroatoms. The topological polar surface area (TPSA) is 20.3 Å². The van der Waals surface area contributed by atoms with E-state index < -0.39 is 0 Å². The summed E-state index contributed by atoms with van der Waals surface area (Å²) in [5, 5.41) is 0. The minimum Gasteiger partial charge on any atom is -0.335 e. The molecule has 1 saturated heterocycles. The van der Waals surface area contributed by atoms with Crippen molar-refractivity contribution in [3.63, 3.8) is 0 Å². The first-order valence-electron chi connectivity index (χ1n) is 7.35. The molecule has 1 aliphatic carbocycles. The summed E-state index contributed by atoms with van der Waals surface area (Å²) in [5.74, 6) is -0.361. The van der Waals surface area contributed by atoms with Crippen LogP contribution in [0.1, 0.15) is 50.4 Å². The van der Waals surface area contributed by atoms with Gasteiger partial charge >= 0.3 is 0 Å².